The molecule has 5 heteroatoms. The van der Waals surface area contributed by atoms with Gasteiger partial charge < -0.3 is 13.6 Å². The first-order chi connectivity index (χ1) is 17.2. The Hall–Kier alpha value is -2.71. The van der Waals surface area contributed by atoms with Gasteiger partial charge in [-0.25, -0.2) is 0 Å². The molecule has 3 aromatic carbocycles. The minimum absolute atomic E-state index is 0.421. The fourth-order valence-corrected chi connectivity index (χ4v) is 5.19. The van der Waals surface area contributed by atoms with Gasteiger partial charge >= 0.3 is 7.82 Å². The van der Waals surface area contributed by atoms with Gasteiger partial charge in [0.25, 0.3) is 0 Å². The van der Waals surface area contributed by atoms with Crippen LogP contribution in [0.25, 0.3) is 0 Å². The zero-order valence-electron chi connectivity index (χ0n) is 20.9. The molecule has 0 radical (unpaired) electrons. The Morgan fingerprint density at radius 3 is 1.37 bits per heavy atom. The topological polar surface area (TPSA) is 44.8 Å². The second-order valence-corrected chi connectivity index (χ2v) is 10.4. The Morgan fingerprint density at radius 2 is 0.914 bits per heavy atom. The van der Waals surface area contributed by atoms with Gasteiger partial charge in [0.1, 0.15) is 17.2 Å². The molecule has 3 aromatic rings. The van der Waals surface area contributed by atoms with Gasteiger partial charge in [-0.05, 0) is 54.8 Å². The molecule has 3 rings (SSSR count). The number of benzene rings is 3. The standard InChI is InChI=1S/C30H39O4P/c1-2-3-4-5-6-7-8-9-10-13-18-27-23-25-30(26-24-27)34-35(31,32-28-19-14-11-15-20-28)33-29-21-16-12-17-22-29/h11-12,14-17,19-26H,2-10,13,18H2,1H3. The molecule has 4 nitrogen and oxygen atoms in total. The van der Waals surface area contributed by atoms with Crippen molar-refractivity contribution in [2.75, 3.05) is 0 Å². The van der Waals surface area contributed by atoms with Crippen LogP contribution in [0.3, 0.4) is 0 Å². The van der Waals surface area contributed by atoms with E-state index >= 15 is 0 Å². The maximum absolute atomic E-state index is 13.5. The summed E-state index contributed by atoms with van der Waals surface area (Å²) in [6.07, 6.45) is 14.4. The van der Waals surface area contributed by atoms with Crippen molar-refractivity contribution in [1.82, 2.24) is 0 Å². The maximum Gasteiger partial charge on any atom is 0.647 e. The molecule has 0 aromatic heterocycles. The van der Waals surface area contributed by atoms with E-state index in [1.54, 1.807) is 24.3 Å². The van der Waals surface area contributed by atoms with Gasteiger partial charge in [-0.3, -0.25) is 0 Å². The lowest BCUT2D eigenvalue weighted by Crippen LogP contribution is -2.07. The Kier molecular flexibility index (Phi) is 11.8. The maximum atomic E-state index is 13.5. The van der Waals surface area contributed by atoms with E-state index in [-0.39, 0.29) is 0 Å². The van der Waals surface area contributed by atoms with E-state index in [1.165, 1.54) is 69.8 Å². The van der Waals surface area contributed by atoms with E-state index in [1.807, 2.05) is 60.7 Å². The van der Waals surface area contributed by atoms with Gasteiger partial charge in [-0.2, -0.15) is 4.57 Å². The van der Waals surface area contributed by atoms with Gasteiger partial charge in [-0.1, -0.05) is 113 Å². The Labute approximate surface area is 211 Å². The van der Waals surface area contributed by atoms with E-state index in [0.717, 1.165) is 6.42 Å². The number of phosphoric acid groups is 1. The van der Waals surface area contributed by atoms with Gasteiger partial charge in [0.2, 0.25) is 0 Å². The van der Waals surface area contributed by atoms with E-state index < -0.39 is 7.82 Å². The van der Waals surface area contributed by atoms with Gasteiger partial charge in [0, 0.05) is 0 Å². The van der Waals surface area contributed by atoms with Crippen molar-refractivity contribution in [3.63, 3.8) is 0 Å². The molecule has 35 heavy (non-hydrogen) atoms. The SMILES string of the molecule is CCCCCCCCCCCCc1ccc(OP(=O)(Oc2ccccc2)Oc2ccccc2)cc1. The minimum Gasteiger partial charge on any atom is -0.386 e. The monoisotopic (exact) mass is 494 g/mol. The average Bonchev–Trinajstić information content (AvgIpc) is 2.87. The third-order valence-electron chi connectivity index (χ3n) is 5.88. The van der Waals surface area contributed by atoms with Crippen molar-refractivity contribution in [2.45, 2.75) is 77.6 Å². The molecular weight excluding hydrogens is 455 g/mol. The van der Waals surface area contributed by atoms with Crippen LogP contribution in [0.1, 0.15) is 76.7 Å². The molecule has 0 N–H and O–H groups in total. The van der Waals surface area contributed by atoms with Crippen LogP contribution in [-0.2, 0) is 11.0 Å². The Bertz CT molecular complexity index is 944. The lowest BCUT2D eigenvalue weighted by Gasteiger charge is -2.19. The predicted molar refractivity (Wildman–Crippen MR) is 144 cm³/mol. The molecule has 0 unspecified atom stereocenters. The number of phosphoric ester groups is 1. The first kappa shape index (κ1) is 26.9. The average molecular weight is 495 g/mol. The van der Waals surface area contributed by atoms with Crippen molar-refractivity contribution in [1.29, 1.82) is 0 Å². The highest BCUT2D eigenvalue weighted by Crippen LogP contribution is 2.49. The summed E-state index contributed by atoms with van der Waals surface area (Å²) in [6.45, 7) is 2.26. The molecule has 0 spiro atoms. The minimum atomic E-state index is -3.95. The third-order valence-corrected chi connectivity index (χ3v) is 7.18. The van der Waals surface area contributed by atoms with Crippen molar-refractivity contribution < 1.29 is 18.1 Å². The third kappa shape index (κ3) is 10.6. The summed E-state index contributed by atoms with van der Waals surface area (Å²) < 4.78 is 30.7. The number of unbranched alkanes of at least 4 members (excludes halogenated alkanes) is 9. The summed E-state index contributed by atoms with van der Waals surface area (Å²) in [7, 11) is -3.95. The van der Waals surface area contributed by atoms with Crippen LogP contribution in [-0.4, -0.2) is 0 Å². The van der Waals surface area contributed by atoms with Crippen LogP contribution in [0.15, 0.2) is 84.9 Å². The van der Waals surface area contributed by atoms with Gasteiger partial charge in [-0.15, -0.1) is 0 Å². The van der Waals surface area contributed by atoms with Crippen LogP contribution in [0.2, 0.25) is 0 Å². The quantitative estimate of drug-likeness (QED) is 0.138. The molecule has 0 atom stereocenters. The Morgan fingerprint density at radius 1 is 0.514 bits per heavy atom. The molecule has 0 saturated heterocycles. The van der Waals surface area contributed by atoms with E-state index in [0.29, 0.717) is 17.2 Å². The highest BCUT2D eigenvalue weighted by Gasteiger charge is 2.33. The number of rotatable bonds is 17. The van der Waals surface area contributed by atoms with Crippen LogP contribution < -0.4 is 13.6 Å². The summed E-state index contributed by atoms with van der Waals surface area (Å²) in [5, 5.41) is 0. The molecular formula is C30H39O4P. The van der Waals surface area contributed by atoms with Crippen molar-refractivity contribution in [3.8, 4) is 17.2 Å². The molecule has 0 fully saturated rings. The van der Waals surface area contributed by atoms with Crippen molar-refractivity contribution in [3.05, 3.63) is 90.5 Å². The normalized spacial score (nSPS) is 11.2. The predicted octanol–water partition coefficient (Wildman–Crippen LogP) is 9.79. The van der Waals surface area contributed by atoms with E-state index in [2.05, 4.69) is 6.92 Å². The summed E-state index contributed by atoms with van der Waals surface area (Å²) in [6, 6.07) is 25.6. The summed E-state index contributed by atoms with van der Waals surface area (Å²) in [5.74, 6) is 1.29. The lowest BCUT2D eigenvalue weighted by molar-refractivity contribution is 0.298. The first-order valence-corrected chi connectivity index (χ1v) is 14.5. The van der Waals surface area contributed by atoms with Crippen molar-refractivity contribution >= 4 is 7.82 Å². The highest BCUT2D eigenvalue weighted by atomic mass is 31.2. The smallest absolute Gasteiger partial charge is 0.386 e. The summed E-state index contributed by atoms with van der Waals surface area (Å²) >= 11 is 0. The second-order valence-electron chi connectivity index (χ2n) is 8.92. The van der Waals surface area contributed by atoms with Crippen LogP contribution in [0.4, 0.5) is 0 Å². The van der Waals surface area contributed by atoms with Gasteiger partial charge in [0.15, 0.2) is 0 Å². The molecule has 0 saturated carbocycles. The number of hydrogen-bond donors (Lipinski definition) is 0. The highest BCUT2D eigenvalue weighted by molar-refractivity contribution is 7.49. The largest absolute Gasteiger partial charge is 0.647 e. The molecule has 0 aliphatic heterocycles. The van der Waals surface area contributed by atoms with E-state index in [9.17, 15) is 4.57 Å². The summed E-state index contributed by atoms with van der Waals surface area (Å²) in [5.41, 5.74) is 1.25. The summed E-state index contributed by atoms with van der Waals surface area (Å²) in [4.78, 5) is 0. The Balaban J connectivity index is 1.47. The van der Waals surface area contributed by atoms with Crippen LogP contribution in [0, 0.1) is 0 Å². The molecule has 0 heterocycles. The molecule has 0 bridgehead atoms. The number of para-hydroxylation sites is 2. The van der Waals surface area contributed by atoms with Gasteiger partial charge in [0.05, 0.1) is 0 Å². The number of aryl methyl sites for hydroxylation is 1. The first-order valence-electron chi connectivity index (χ1n) is 13.0. The second kappa shape index (κ2) is 15.3. The molecule has 0 aliphatic carbocycles. The van der Waals surface area contributed by atoms with E-state index in [4.69, 9.17) is 13.6 Å². The van der Waals surface area contributed by atoms with Crippen LogP contribution in [0.5, 0.6) is 17.2 Å². The van der Waals surface area contributed by atoms with Crippen LogP contribution >= 0.6 is 7.82 Å². The lowest BCUT2D eigenvalue weighted by atomic mass is 10.0. The fourth-order valence-electron chi connectivity index (χ4n) is 3.94. The number of hydrogen-bond acceptors (Lipinski definition) is 4. The van der Waals surface area contributed by atoms with Crippen molar-refractivity contribution in [2.24, 2.45) is 0 Å². The zero-order valence-corrected chi connectivity index (χ0v) is 21.8. The zero-order chi connectivity index (χ0) is 24.6. The molecule has 0 amide bonds. The molecule has 188 valence electrons. The molecule has 0 aliphatic rings. The fraction of sp³-hybridized carbons (Fsp3) is 0.400.